The number of hydrogen-bond donors (Lipinski definition) is 1. The molecule has 1 aliphatic heterocycles. The number of aromatic nitrogens is 2. The molecule has 1 atom stereocenters. The smallest absolute Gasteiger partial charge is 0.241 e. The minimum absolute atomic E-state index is 0.0197. The Balaban J connectivity index is 1.36. The summed E-state index contributed by atoms with van der Waals surface area (Å²) in [6.45, 7) is 1.84. The number of aromatic amines is 1. The molecule has 2 heterocycles. The Kier molecular flexibility index (Phi) is 5.74. The van der Waals surface area contributed by atoms with Crippen LogP contribution in [0, 0.1) is 11.3 Å². The maximum atomic E-state index is 13.3. The molecule has 0 saturated carbocycles. The van der Waals surface area contributed by atoms with Crippen molar-refractivity contribution in [3.8, 4) is 6.07 Å². The van der Waals surface area contributed by atoms with E-state index in [4.69, 9.17) is 5.26 Å². The lowest BCUT2D eigenvalue weighted by Gasteiger charge is -2.39. The van der Waals surface area contributed by atoms with Crippen LogP contribution in [0.2, 0.25) is 0 Å². The molecule has 1 N–H and O–H groups in total. The van der Waals surface area contributed by atoms with Crippen molar-refractivity contribution < 1.29 is 4.79 Å². The topological polar surface area (TPSA) is 76.0 Å². The van der Waals surface area contributed by atoms with Gasteiger partial charge in [0.15, 0.2) is 0 Å². The van der Waals surface area contributed by atoms with Crippen molar-refractivity contribution in [1.29, 1.82) is 5.26 Å². The van der Waals surface area contributed by atoms with Gasteiger partial charge < -0.3 is 9.88 Å². The lowest BCUT2D eigenvalue weighted by Crippen LogP contribution is -2.52. The van der Waals surface area contributed by atoms with Crippen molar-refractivity contribution in [3.63, 3.8) is 0 Å². The summed E-state index contributed by atoms with van der Waals surface area (Å²) in [7, 11) is 0. The monoisotopic (exact) mass is 425 g/mol. The number of nitriles is 1. The van der Waals surface area contributed by atoms with Gasteiger partial charge in [-0.15, -0.1) is 0 Å². The lowest BCUT2D eigenvalue weighted by atomic mass is 9.90. The van der Waals surface area contributed by atoms with Crippen LogP contribution in [0.25, 0.3) is 0 Å². The minimum Gasteiger partial charge on any atom is -0.347 e. The van der Waals surface area contributed by atoms with E-state index in [-0.39, 0.29) is 11.9 Å². The first-order valence-electron chi connectivity index (χ1n) is 11.4. The molecule has 0 radical (unpaired) electrons. The summed E-state index contributed by atoms with van der Waals surface area (Å²) in [5, 5.41) is 9.07. The molecular formula is C26H27N5O. The molecule has 3 aromatic rings. The molecule has 1 saturated heterocycles. The first-order chi connectivity index (χ1) is 15.7. The van der Waals surface area contributed by atoms with Gasteiger partial charge in [0.2, 0.25) is 5.91 Å². The summed E-state index contributed by atoms with van der Waals surface area (Å²) in [5.74, 6) is 1.01. The van der Waals surface area contributed by atoms with E-state index in [1.807, 2.05) is 35.4 Å². The zero-order valence-corrected chi connectivity index (χ0v) is 18.1. The standard InChI is InChI=1S/C26H27N5O/c27-17-20-10-8-19(9-11-20)16-24(26-28-12-13-29-26)30-14-15-31(25(32)18-30)23-7-3-5-21-4-1-2-6-22(21)23/h3,5,7-13,24H,1-2,4,6,14-16,18H2,(H,28,29). The molecule has 1 aliphatic carbocycles. The predicted molar refractivity (Wildman–Crippen MR) is 123 cm³/mol. The van der Waals surface area contributed by atoms with Crippen LogP contribution in [0.4, 0.5) is 5.69 Å². The fourth-order valence-corrected chi connectivity index (χ4v) is 5.02. The van der Waals surface area contributed by atoms with Gasteiger partial charge in [0.1, 0.15) is 5.82 Å². The summed E-state index contributed by atoms with van der Waals surface area (Å²) in [4.78, 5) is 25.3. The molecule has 1 amide bonds. The Morgan fingerprint density at radius 2 is 1.94 bits per heavy atom. The van der Waals surface area contributed by atoms with Gasteiger partial charge in [0.05, 0.1) is 24.2 Å². The molecule has 5 rings (SSSR count). The lowest BCUT2D eigenvalue weighted by molar-refractivity contribution is -0.122. The van der Waals surface area contributed by atoms with Crippen molar-refractivity contribution in [2.24, 2.45) is 0 Å². The van der Waals surface area contributed by atoms with E-state index < -0.39 is 0 Å². The van der Waals surface area contributed by atoms with E-state index in [1.54, 1.807) is 6.20 Å². The van der Waals surface area contributed by atoms with Crippen LogP contribution in [0.1, 0.15) is 47.0 Å². The van der Waals surface area contributed by atoms with Crippen molar-refractivity contribution >= 4 is 11.6 Å². The van der Waals surface area contributed by atoms with E-state index in [0.29, 0.717) is 18.7 Å². The number of imidazole rings is 1. The fraction of sp³-hybridized carbons (Fsp3) is 0.346. The van der Waals surface area contributed by atoms with Crippen LogP contribution in [-0.4, -0.2) is 40.4 Å². The van der Waals surface area contributed by atoms with E-state index in [0.717, 1.165) is 42.9 Å². The molecule has 1 fully saturated rings. The molecule has 0 bridgehead atoms. The number of fused-ring (bicyclic) bond motifs is 1. The molecule has 6 heteroatoms. The number of hydrogen-bond acceptors (Lipinski definition) is 4. The van der Waals surface area contributed by atoms with Gasteiger partial charge in [0, 0.05) is 31.2 Å². The second-order valence-electron chi connectivity index (χ2n) is 8.64. The maximum Gasteiger partial charge on any atom is 0.241 e. The van der Waals surface area contributed by atoms with Gasteiger partial charge in [0.25, 0.3) is 0 Å². The van der Waals surface area contributed by atoms with Crippen LogP contribution >= 0.6 is 0 Å². The highest BCUT2D eigenvalue weighted by molar-refractivity contribution is 5.96. The molecular weight excluding hydrogens is 398 g/mol. The zero-order chi connectivity index (χ0) is 21.9. The quantitative estimate of drug-likeness (QED) is 0.675. The van der Waals surface area contributed by atoms with Crippen LogP contribution in [0.5, 0.6) is 0 Å². The van der Waals surface area contributed by atoms with Crippen molar-refractivity contribution in [1.82, 2.24) is 14.9 Å². The zero-order valence-electron chi connectivity index (χ0n) is 18.1. The van der Waals surface area contributed by atoms with E-state index in [1.165, 1.54) is 24.0 Å². The number of nitrogens with one attached hydrogen (secondary N) is 1. The third-order valence-corrected chi connectivity index (χ3v) is 6.70. The Hall–Kier alpha value is -3.43. The second-order valence-corrected chi connectivity index (χ2v) is 8.64. The summed E-state index contributed by atoms with van der Waals surface area (Å²) >= 11 is 0. The molecule has 2 aromatic carbocycles. The highest BCUT2D eigenvalue weighted by Gasteiger charge is 2.33. The van der Waals surface area contributed by atoms with Gasteiger partial charge in [-0.1, -0.05) is 24.3 Å². The number of carbonyl (C=O) groups excluding carboxylic acids is 1. The number of carbonyl (C=O) groups is 1. The molecule has 6 nitrogen and oxygen atoms in total. The van der Waals surface area contributed by atoms with Crippen molar-refractivity contribution in [2.45, 2.75) is 38.1 Å². The average Bonchev–Trinajstić information content (AvgIpc) is 3.37. The first kappa shape index (κ1) is 20.5. The van der Waals surface area contributed by atoms with Gasteiger partial charge in [-0.05, 0) is 67.0 Å². The highest BCUT2D eigenvalue weighted by atomic mass is 16.2. The third-order valence-electron chi connectivity index (χ3n) is 6.70. The Bertz CT molecular complexity index is 1130. The fourth-order valence-electron chi connectivity index (χ4n) is 5.02. The van der Waals surface area contributed by atoms with Gasteiger partial charge in [-0.25, -0.2) is 4.98 Å². The van der Waals surface area contributed by atoms with Crippen molar-refractivity contribution in [3.05, 3.63) is 82.9 Å². The highest BCUT2D eigenvalue weighted by Crippen LogP contribution is 2.32. The minimum atomic E-state index is -0.0197. The van der Waals surface area contributed by atoms with E-state index in [2.05, 4.69) is 39.1 Å². The number of rotatable bonds is 5. The molecule has 162 valence electrons. The Morgan fingerprint density at radius 1 is 1.09 bits per heavy atom. The number of benzene rings is 2. The van der Waals surface area contributed by atoms with Crippen LogP contribution in [-0.2, 0) is 24.1 Å². The van der Waals surface area contributed by atoms with E-state index >= 15 is 0 Å². The van der Waals surface area contributed by atoms with Gasteiger partial charge in [-0.2, -0.15) is 5.26 Å². The van der Waals surface area contributed by atoms with Crippen LogP contribution < -0.4 is 4.90 Å². The average molecular weight is 426 g/mol. The summed E-state index contributed by atoms with van der Waals surface area (Å²) in [6, 6.07) is 16.2. The van der Waals surface area contributed by atoms with Gasteiger partial charge in [-0.3, -0.25) is 9.69 Å². The summed E-state index contributed by atoms with van der Waals surface area (Å²) in [6.07, 6.45) is 8.93. The number of H-pyrrole nitrogens is 1. The van der Waals surface area contributed by atoms with Crippen molar-refractivity contribution in [2.75, 3.05) is 24.5 Å². The summed E-state index contributed by atoms with van der Waals surface area (Å²) < 4.78 is 0. The molecule has 2 aliphatic rings. The molecule has 32 heavy (non-hydrogen) atoms. The number of aryl methyl sites for hydroxylation is 1. The SMILES string of the molecule is N#Cc1ccc(CC(c2ncc[nH]2)N2CCN(c3cccc4c3CCCC4)C(=O)C2)cc1. The summed E-state index contributed by atoms with van der Waals surface area (Å²) in [5.41, 5.74) is 5.64. The van der Waals surface area contributed by atoms with Crippen LogP contribution in [0.3, 0.4) is 0 Å². The molecule has 1 unspecified atom stereocenters. The normalized spacial score (nSPS) is 17.6. The Labute approximate surface area is 188 Å². The van der Waals surface area contributed by atoms with Crippen LogP contribution in [0.15, 0.2) is 54.9 Å². The third kappa shape index (κ3) is 4.04. The molecule has 0 spiro atoms. The number of piperazine rings is 1. The molecule has 1 aromatic heterocycles. The number of nitrogens with zero attached hydrogens (tertiary/aromatic N) is 4. The number of anilines is 1. The predicted octanol–water partition coefficient (Wildman–Crippen LogP) is 3.79. The maximum absolute atomic E-state index is 13.3. The largest absolute Gasteiger partial charge is 0.347 e. The Morgan fingerprint density at radius 3 is 2.69 bits per heavy atom. The first-order valence-corrected chi connectivity index (χ1v) is 11.4. The second kappa shape index (κ2) is 8.97. The number of amides is 1. The van der Waals surface area contributed by atoms with E-state index in [9.17, 15) is 4.79 Å². The van der Waals surface area contributed by atoms with Gasteiger partial charge >= 0.3 is 0 Å².